The van der Waals surface area contributed by atoms with E-state index in [1.54, 1.807) is 6.07 Å². The Morgan fingerprint density at radius 3 is 2.75 bits per heavy atom. The summed E-state index contributed by atoms with van der Waals surface area (Å²) < 4.78 is 5.28. The lowest BCUT2D eigenvalue weighted by Crippen LogP contribution is -2.46. The predicted molar refractivity (Wildman–Crippen MR) is 91.1 cm³/mol. The molecule has 1 N–H and O–H groups in total. The molecule has 4 rings (SSSR count). The van der Waals surface area contributed by atoms with E-state index in [2.05, 4.69) is 24.9 Å². The van der Waals surface area contributed by atoms with Crippen molar-refractivity contribution in [2.45, 2.75) is 13.5 Å². The first-order valence-electron chi connectivity index (χ1n) is 8.07. The lowest BCUT2D eigenvalue weighted by atomic mass is 10.2. The number of fused-ring (bicyclic) bond motifs is 1. The summed E-state index contributed by atoms with van der Waals surface area (Å²) in [7, 11) is 0. The van der Waals surface area contributed by atoms with Gasteiger partial charge < -0.3 is 9.42 Å². The fourth-order valence-corrected chi connectivity index (χ4v) is 3.05. The first-order chi connectivity index (χ1) is 11.7. The first kappa shape index (κ1) is 14.9. The molecule has 0 spiro atoms. The topological polar surface area (TPSA) is 78.3 Å². The number of hydrogen-bond donors (Lipinski definition) is 1. The summed E-state index contributed by atoms with van der Waals surface area (Å²) in [6.45, 7) is 6.08. The third-order valence-electron chi connectivity index (χ3n) is 4.33. The van der Waals surface area contributed by atoms with Crippen LogP contribution in [0.5, 0.6) is 0 Å². The third kappa shape index (κ3) is 2.90. The Morgan fingerprint density at radius 2 is 2.00 bits per heavy atom. The van der Waals surface area contributed by atoms with Gasteiger partial charge >= 0.3 is 0 Å². The van der Waals surface area contributed by atoms with Gasteiger partial charge in [0.2, 0.25) is 5.95 Å². The summed E-state index contributed by atoms with van der Waals surface area (Å²) in [6, 6.07) is 9.38. The molecule has 0 bridgehead atoms. The number of aromatic amines is 1. The van der Waals surface area contributed by atoms with Crippen LogP contribution in [0.1, 0.15) is 11.5 Å². The van der Waals surface area contributed by atoms with Crippen molar-refractivity contribution in [1.82, 2.24) is 20.0 Å². The van der Waals surface area contributed by atoms with Crippen LogP contribution < -0.4 is 10.5 Å². The van der Waals surface area contributed by atoms with Crippen molar-refractivity contribution < 1.29 is 4.52 Å². The van der Waals surface area contributed by atoms with Crippen LogP contribution >= 0.6 is 0 Å². The van der Waals surface area contributed by atoms with Crippen molar-refractivity contribution in [2.24, 2.45) is 0 Å². The molecule has 0 aliphatic carbocycles. The zero-order valence-corrected chi connectivity index (χ0v) is 13.5. The highest BCUT2D eigenvalue weighted by Crippen LogP contribution is 2.15. The van der Waals surface area contributed by atoms with Crippen molar-refractivity contribution in [1.29, 1.82) is 0 Å². The van der Waals surface area contributed by atoms with Crippen LogP contribution in [0.2, 0.25) is 0 Å². The van der Waals surface area contributed by atoms with Crippen LogP contribution in [0.4, 0.5) is 5.95 Å². The SMILES string of the molecule is Cc1cc(CN2CCN(c3nc4ccccc4c(=O)[nH]3)CC2)on1. The number of anilines is 1. The van der Waals surface area contributed by atoms with Gasteiger partial charge in [-0.1, -0.05) is 17.3 Å². The fraction of sp³-hybridized carbons (Fsp3) is 0.353. The quantitative estimate of drug-likeness (QED) is 0.787. The van der Waals surface area contributed by atoms with E-state index in [1.807, 2.05) is 31.2 Å². The van der Waals surface area contributed by atoms with Crippen LogP contribution in [-0.4, -0.2) is 46.2 Å². The van der Waals surface area contributed by atoms with Gasteiger partial charge in [0.05, 0.1) is 23.1 Å². The maximum atomic E-state index is 12.2. The van der Waals surface area contributed by atoms with Gasteiger partial charge in [0.25, 0.3) is 5.56 Å². The largest absolute Gasteiger partial charge is 0.360 e. The molecule has 0 amide bonds. The number of aryl methyl sites for hydroxylation is 1. The molecule has 124 valence electrons. The number of H-pyrrole nitrogens is 1. The van der Waals surface area contributed by atoms with E-state index in [-0.39, 0.29) is 5.56 Å². The molecule has 2 aromatic heterocycles. The van der Waals surface area contributed by atoms with Crippen molar-refractivity contribution in [2.75, 3.05) is 31.1 Å². The molecule has 1 saturated heterocycles. The van der Waals surface area contributed by atoms with E-state index in [1.165, 1.54) is 0 Å². The lowest BCUT2D eigenvalue weighted by molar-refractivity contribution is 0.218. The van der Waals surface area contributed by atoms with Crippen LogP contribution in [0.25, 0.3) is 10.9 Å². The van der Waals surface area contributed by atoms with Gasteiger partial charge in [0.1, 0.15) is 0 Å². The molecule has 1 aliphatic rings. The second-order valence-electron chi connectivity index (χ2n) is 6.10. The third-order valence-corrected chi connectivity index (χ3v) is 4.33. The molecule has 3 heterocycles. The van der Waals surface area contributed by atoms with Gasteiger partial charge in [-0.25, -0.2) is 4.98 Å². The molecule has 1 aromatic carbocycles. The smallest absolute Gasteiger partial charge is 0.260 e. The van der Waals surface area contributed by atoms with Gasteiger partial charge in [0.15, 0.2) is 5.76 Å². The molecule has 7 nitrogen and oxygen atoms in total. The second kappa shape index (κ2) is 6.09. The van der Waals surface area contributed by atoms with Crippen molar-refractivity contribution in [3.8, 4) is 0 Å². The van der Waals surface area contributed by atoms with E-state index >= 15 is 0 Å². The Morgan fingerprint density at radius 1 is 1.21 bits per heavy atom. The van der Waals surface area contributed by atoms with E-state index < -0.39 is 0 Å². The number of hydrogen-bond acceptors (Lipinski definition) is 6. The van der Waals surface area contributed by atoms with Crippen LogP contribution in [-0.2, 0) is 6.54 Å². The molecule has 7 heteroatoms. The molecule has 24 heavy (non-hydrogen) atoms. The Kier molecular flexibility index (Phi) is 3.78. The minimum absolute atomic E-state index is 0.0878. The highest BCUT2D eigenvalue weighted by atomic mass is 16.5. The Bertz CT molecular complexity index is 908. The molecule has 3 aromatic rings. The number of rotatable bonds is 3. The maximum Gasteiger partial charge on any atom is 0.260 e. The van der Waals surface area contributed by atoms with Crippen LogP contribution in [0, 0.1) is 6.92 Å². The van der Waals surface area contributed by atoms with Gasteiger partial charge in [-0.05, 0) is 19.1 Å². The minimum Gasteiger partial charge on any atom is -0.360 e. The fourth-order valence-electron chi connectivity index (χ4n) is 3.05. The summed E-state index contributed by atoms with van der Waals surface area (Å²) in [5.74, 6) is 1.53. The number of para-hydroxylation sites is 1. The van der Waals surface area contributed by atoms with Crippen LogP contribution in [0.3, 0.4) is 0 Å². The van der Waals surface area contributed by atoms with Gasteiger partial charge in [-0.3, -0.25) is 14.7 Å². The Hall–Kier alpha value is -2.67. The molecule has 0 unspecified atom stereocenters. The summed E-state index contributed by atoms with van der Waals surface area (Å²) in [5, 5.41) is 4.55. The van der Waals surface area contributed by atoms with Gasteiger partial charge in [-0.15, -0.1) is 0 Å². The van der Waals surface area contributed by atoms with Crippen molar-refractivity contribution >= 4 is 16.9 Å². The Balaban J connectivity index is 1.46. The minimum atomic E-state index is -0.0878. The standard InChI is InChI=1S/C17H19N5O2/c1-12-10-13(24-20-12)11-21-6-8-22(9-7-21)17-18-15-5-3-2-4-14(15)16(23)19-17/h2-5,10H,6-9,11H2,1H3,(H,18,19,23). The molecule has 0 atom stereocenters. The van der Waals surface area contributed by atoms with E-state index in [0.717, 1.165) is 49.7 Å². The normalized spacial score (nSPS) is 16.0. The summed E-state index contributed by atoms with van der Waals surface area (Å²) in [4.78, 5) is 24.1. The number of benzene rings is 1. The molecule has 0 radical (unpaired) electrons. The van der Waals surface area contributed by atoms with Crippen molar-refractivity contribution in [3.63, 3.8) is 0 Å². The summed E-state index contributed by atoms with van der Waals surface area (Å²) in [5.41, 5.74) is 1.55. The van der Waals surface area contributed by atoms with Crippen LogP contribution in [0.15, 0.2) is 39.6 Å². The van der Waals surface area contributed by atoms with E-state index in [0.29, 0.717) is 11.3 Å². The number of aromatic nitrogens is 3. The maximum absolute atomic E-state index is 12.2. The molecule has 1 aliphatic heterocycles. The molecular weight excluding hydrogens is 306 g/mol. The average Bonchev–Trinajstić information content (AvgIpc) is 3.00. The van der Waals surface area contributed by atoms with Crippen molar-refractivity contribution in [3.05, 3.63) is 52.1 Å². The number of nitrogens with one attached hydrogen (secondary N) is 1. The summed E-state index contributed by atoms with van der Waals surface area (Å²) >= 11 is 0. The predicted octanol–water partition coefficient (Wildman–Crippen LogP) is 1.54. The Labute approximate surface area is 138 Å². The number of nitrogens with zero attached hydrogens (tertiary/aromatic N) is 4. The average molecular weight is 325 g/mol. The number of piperazine rings is 1. The highest BCUT2D eigenvalue weighted by Gasteiger charge is 2.20. The van der Waals surface area contributed by atoms with E-state index in [9.17, 15) is 4.79 Å². The zero-order chi connectivity index (χ0) is 16.5. The molecule has 1 fully saturated rings. The van der Waals surface area contributed by atoms with Gasteiger partial charge in [-0.2, -0.15) is 0 Å². The highest BCUT2D eigenvalue weighted by molar-refractivity contribution is 5.78. The molecule has 0 saturated carbocycles. The lowest BCUT2D eigenvalue weighted by Gasteiger charge is -2.34. The van der Waals surface area contributed by atoms with E-state index in [4.69, 9.17) is 4.52 Å². The first-order valence-corrected chi connectivity index (χ1v) is 8.07. The van der Waals surface area contributed by atoms with Gasteiger partial charge in [0, 0.05) is 32.2 Å². The summed E-state index contributed by atoms with van der Waals surface area (Å²) in [6.07, 6.45) is 0. The monoisotopic (exact) mass is 325 g/mol. The second-order valence-corrected chi connectivity index (χ2v) is 6.10. The molecular formula is C17H19N5O2. The zero-order valence-electron chi connectivity index (χ0n) is 13.5.